The van der Waals surface area contributed by atoms with Gasteiger partial charge in [0.05, 0.1) is 43.0 Å². The molecule has 15 heteroatoms. The molecule has 2 atom stereocenters. The number of nitrogens with one attached hydrogen (secondary N) is 2. The molecule has 1 unspecified atom stereocenters. The Labute approximate surface area is 312 Å². The number of imidazole rings is 1. The molecule has 0 saturated carbocycles. The molecule has 290 valence electrons. The fourth-order valence-corrected chi connectivity index (χ4v) is 7.02. The lowest BCUT2D eigenvalue weighted by molar-refractivity contribution is 0.0452. The number of hydrogen-bond acceptors (Lipinski definition) is 10. The second-order valence-electron chi connectivity index (χ2n) is 14.8. The standard InChI is InChI=1S/C38H54N6O8S/c1-25(50-19-12-10-8-9-11-13-20-51-53(7,47)48)29-17-16-26-21-31(41-34(26)40-29)35-42-30-22-27(23-32(49-6)33(30)43(35)5)36(45)44-18-14-15-28(24-44)39-37(46)52-38(2,3)4/h16-17,21-23,25,28H,8-15,18-20,24H2,1-7H3,(H,39,46)(H,40,41)/t25?,28-/m1/s1. The van der Waals surface area contributed by atoms with Gasteiger partial charge >= 0.3 is 6.09 Å². The maximum atomic E-state index is 13.8. The van der Waals surface area contributed by atoms with Gasteiger partial charge in [0, 0.05) is 43.7 Å². The van der Waals surface area contributed by atoms with Crippen LogP contribution in [-0.4, -0.2) is 96.1 Å². The fraction of sp³-hybridized carbons (Fsp3) is 0.579. The third-order valence-corrected chi connectivity index (χ3v) is 9.79. The van der Waals surface area contributed by atoms with Crippen LogP contribution >= 0.6 is 0 Å². The zero-order valence-electron chi connectivity index (χ0n) is 32.0. The van der Waals surface area contributed by atoms with Gasteiger partial charge < -0.3 is 34.0 Å². The van der Waals surface area contributed by atoms with Crippen LogP contribution in [0.25, 0.3) is 33.6 Å². The third kappa shape index (κ3) is 10.9. The first-order valence-electron chi connectivity index (χ1n) is 18.4. The Bertz CT molecular complexity index is 2000. The molecule has 2 amide bonds. The number of rotatable bonds is 16. The number of piperidine rings is 1. The van der Waals surface area contributed by atoms with E-state index in [0.717, 1.165) is 85.6 Å². The van der Waals surface area contributed by atoms with E-state index in [1.165, 1.54) is 0 Å². The topological polar surface area (TPSA) is 167 Å². The molecule has 1 aliphatic rings. The molecule has 1 fully saturated rings. The van der Waals surface area contributed by atoms with E-state index in [9.17, 15) is 18.0 Å². The summed E-state index contributed by atoms with van der Waals surface area (Å²) in [4.78, 5) is 41.1. The summed E-state index contributed by atoms with van der Waals surface area (Å²) in [5.41, 5.74) is 3.58. The molecule has 4 aromatic rings. The van der Waals surface area contributed by atoms with Gasteiger partial charge in [0.2, 0.25) is 0 Å². The number of alkyl carbamates (subject to hydrolysis) is 1. The molecule has 2 N–H and O–H groups in total. The van der Waals surface area contributed by atoms with Gasteiger partial charge in [0.1, 0.15) is 22.5 Å². The number of amides is 2. The van der Waals surface area contributed by atoms with Gasteiger partial charge in [-0.3, -0.25) is 8.98 Å². The number of hydrogen-bond donors (Lipinski definition) is 2. The van der Waals surface area contributed by atoms with Gasteiger partial charge in [-0.2, -0.15) is 8.42 Å². The first-order chi connectivity index (χ1) is 25.1. The Balaban J connectivity index is 1.21. The van der Waals surface area contributed by atoms with Crippen LogP contribution in [0.2, 0.25) is 0 Å². The minimum absolute atomic E-state index is 0.152. The lowest BCUT2D eigenvalue weighted by atomic mass is 10.0. The number of aromatic nitrogens is 4. The molecule has 0 spiro atoms. The molecule has 0 bridgehead atoms. The first kappa shape index (κ1) is 40.0. The molecule has 0 radical (unpaired) electrons. The quantitative estimate of drug-likeness (QED) is 0.0934. The summed E-state index contributed by atoms with van der Waals surface area (Å²) >= 11 is 0. The summed E-state index contributed by atoms with van der Waals surface area (Å²) in [5, 5.41) is 3.85. The fourth-order valence-electron chi connectivity index (χ4n) is 6.60. The number of carbonyl (C=O) groups excluding carboxylic acids is 2. The second-order valence-corrected chi connectivity index (χ2v) is 16.4. The predicted molar refractivity (Wildman–Crippen MR) is 204 cm³/mol. The summed E-state index contributed by atoms with van der Waals surface area (Å²) < 4.78 is 46.1. The number of ether oxygens (including phenoxy) is 3. The lowest BCUT2D eigenvalue weighted by Crippen LogP contribution is -2.50. The number of H-pyrrole nitrogens is 1. The molecule has 0 aliphatic carbocycles. The highest BCUT2D eigenvalue weighted by Crippen LogP contribution is 2.33. The molecule has 1 aliphatic heterocycles. The van der Waals surface area contributed by atoms with Crippen LogP contribution in [0.4, 0.5) is 4.79 Å². The number of likely N-dealkylation sites (tertiary alicyclic amines) is 1. The van der Waals surface area contributed by atoms with Crippen molar-refractivity contribution in [1.82, 2.24) is 29.7 Å². The zero-order chi connectivity index (χ0) is 38.3. The van der Waals surface area contributed by atoms with E-state index in [1.54, 1.807) is 24.1 Å². The highest BCUT2D eigenvalue weighted by Gasteiger charge is 2.28. The summed E-state index contributed by atoms with van der Waals surface area (Å²) in [6.45, 7) is 9.30. The van der Waals surface area contributed by atoms with Crippen molar-refractivity contribution in [3.63, 3.8) is 0 Å². The minimum atomic E-state index is -3.36. The second kappa shape index (κ2) is 17.3. The minimum Gasteiger partial charge on any atom is -0.494 e. The average Bonchev–Trinajstić information content (AvgIpc) is 3.67. The maximum absolute atomic E-state index is 13.8. The van der Waals surface area contributed by atoms with Crippen molar-refractivity contribution in [3.05, 3.63) is 41.6 Å². The SMILES string of the molecule is COc1cc(C(=O)N2CCC[C@@H](NC(=O)OC(C)(C)C)C2)cc2nc(-c3cc4ccc(C(C)OCCCCCCCCOS(C)(=O)=O)nc4[nH]3)n(C)c12. The number of methoxy groups -OCH3 is 1. The van der Waals surface area contributed by atoms with Gasteiger partial charge in [-0.1, -0.05) is 25.7 Å². The number of unbranched alkanes of at least 4 members (excludes halogenated alkanes) is 5. The van der Waals surface area contributed by atoms with Crippen LogP contribution in [0.3, 0.4) is 0 Å². The first-order valence-corrected chi connectivity index (χ1v) is 20.2. The highest BCUT2D eigenvalue weighted by atomic mass is 32.2. The normalized spacial score (nSPS) is 15.9. The molecule has 5 rings (SSSR count). The van der Waals surface area contributed by atoms with Crippen LogP contribution in [-0.2, 0) is 30.8 Å². The van der Waals surface area contributed by atoms with Gasteiger partial charge in [-0.15, -0.1) is 0 Å². The predicted octanol–water partition coefficient (Wildman–Crippen LogP) is 6.65. The monoisotopic (exact) mass is 754 g/mol. The van der Waals surface area contributed by atoms with E-state index in [4.69, 9.17) is 28.4 Å². The van der Waals surface area contributed by atoms with Crippen LogP contribution in [0.1, 0.15) is 101 Å². The Morgan fingerprint density at radius 3 is 2.45 bits per heavy atom. The number of carbonyl (C=O) groups is 2. The van der Waals surface area contributed by atoms with Crippen LogP contribution in [0.15, 0.2) is 30.3 Å². The molecule has 53 heavy (non-hydrogen) atoms. The van der Waals surface area contributed by atoms with E-state index < -0.39 is 21.8 Å². The van der Waals surface area contributed by atoms with Crippen molar-refractivity contribution in [3.8, 4) is 17.3 Å². The highest BCUT2D eigenvalue weighted by molar-refractivity contribution is 7.85. The number of fused-ring (bicyclic) bond motifs is 2. The summed E-state index contributed by atoms with van der Waals surface area (Å²) in [5.74, 6) is 1.06. The Morgan fingerprint density at radius 2 is 1.75 bits per heavy atom. The molecule has 1 aromatic carbocycles. The number of aryl methyl sites for hydroxylation is 1. The van der Waals surface area contributed by atoms with Gasteiger partial charge in [0.25, 0.3) is 16.0 Å². The molecular weight excluding hydrogens is 701 g/mol. The van der Waals surface area contributed by atoms with Crippen LogP contribution in [0, 0.1) is 0 Å². The Hall–Kier alpha value is -4.21. The number of benzene rings is 1. The van der Waals surface area contributed by atoms with E-state index in [0.29, 0.717) is 42.4 Å². The average molecular weight is 755 g/mol. The molecule has 4 heterocycles. The van der Waals surface area contributed by atoms with Crippen LogP contribution < -0.4 is 10.1 Å². The van der Waals surface area contributed by atoms with Crippen molar-refractivity contribution in [1.29, 1.82) is 0 Å². The van der Waals surface area contributed by atoms with Crippen molar-refractivity contribution in [2.45, 2.75) is 96.8 Å². The molecule has 3 aromatic heterocycles. The molecular formula is C38H54N6O8S. The number of aromatic amines is 1. The van der Waals surface area contributed by atoms with Crippen molar-refractivity contribution in [2.24, 2.45) is 7.05 Å². The van der Waals surface area contributed by atoms with E-state index in [1.807, 2.05) is 57.5 Å². The summed E-state index contributed by atoms with van der Waals surface area (Å²) in [7, 11) is 0.139. The van der Waals surface area contributed by atoms with Gasteiger partial charge in [0.15, 0.2) is 5.82 Å². The number of pyridine rings is 1. The Kier molecular flexibility index (Phi) is 13.0. The van der Waals surface area contributed by atoms with E-state index in [2.05, 4.69) is 10.3 Å². The molecule has 14 nitrogen and oxygen atoms in total. The summed E-state index contributed by atoms with van der Waals surface area (Å²) in [6.07, 6.45) is 7.67. The zero-order valence-corrected chi connectivity index (χ0v) is 32.8. The Morgan fingerprint density at radius 1 is 1.04 bits per heavy atom. The van der Waals surface area contributed by atoms with E-state index in [-0.39, 0.29) is 24.7 Å². The lowest BCUT2D eigenvalue weighted by Gasteiger charge is -2.33. The van der Waals surface area contributed by atoms with Gasteiger partial charge in [-0.25, -0.2) is 14.8 Å². The smallest absolute Gasteiger partial charge is 0.407 e. The van der Waals surface area contributed by atoms with Crippen molar-refractivity contribution >= 4 is 44.2 Å². The van der Waals surface area contributed by atoms with E-state index >= 15 is 0 Å². The number of nitrogens with zero attached hydrogens (tertiary/aromatic N) is 4. The van der Waals surface area contributed by atoms with Gasteiger partial charge in [-0.05, 0) is 83.7 Å². The van der Waals surface area contributed by atoms with Crippen LogP contribution in [0.5, 0.6) is 5.75 Å². The third-order valence-electron chi connectivity index (χ3n) is 9.19. The maximum Gasteiger partial charge on any atom is 0.407 e. The largest absolute Gasteiger partial charge is 0.494 e. The van der Waals surface area contributed by atoms with Crippen molar-refractivity contribution < 1.29 is 36.4 Å². The molecule has 1 saturated heterocycles. The summed E-state index contributed by atoms with van der Waals surface area (Å²) in [6, 6.07) is 9.36. The van der Waals surface area contributed by atoms with Crippen molar-refractivity contribution in [2.75, 3.05) is 39.7 Å².